The number of phenolic OH excluding ortho intramolecular Hbond substituents is 1. The number of unbranched alkanes of at least 4 members (excludes halogenated alkanes) is 1. The first kappa shape index (κ1) is 25.7. The lowest BCUT2D eigenvalue weighted by atomic mass is 9.89. The maximum Gasteiger partial charge on any atom is 0.255 e. The van der Waals surface area contributed by atoms with Crippen LogP contribution >= 0.6 is 32.9 Å². The molecular formula is C27H31N3O2S3. The number of phenols is 1. The summed E-state index contributed by atoms with van der Waals surface area (Å²) in [6.07, 6.45) is 5.43. The number of amidine groups is 1. The number of aromatic hydroxyl groups is 1. The molecule has 4 rings (SSSR count). The van der Waals surface area contributed by atoms with Gasteiger partial charge in [-0.1, -0.05) is 58.3 Å². The third kappa shape index (κ3) is 7.53. The molecule has 35 heavy (non-hydrogen) atoms. The van der Waals surface area contributed by atoms with Crippen LogP contribution in [0.25, 0.3) is 0 Å². The normalized spacial score (nSPS) is 16.8. The Morgan fingerprint density at radius 1 is 1.11 bits per heavy atom. The molecule has 2 aromatic carbocycles. The molecule has 4 N–H and O–H groups in total. The van der Waals surface area contributed by atoms with E-state index in [4.69, 9.17) is 5.73 Å². The molecule has 0 saturated carbocycles. The lowest BCUT2D eigenvalue weighted by molar-refractivity contribution is 0.0950. The van der Waals surface area contributed by atoms with E-state index in [0.717, 1.165) is 36.2 Å². The van der Waals surface area contributed by atoms with E-state index in [1.54, 1.807) is 29.5 Å². The molecule has 0 spiro atoms. The second-order valence-electron chi connectivity index (χ2n) is 8.62. The minimum absolute atomic E-state index is 0.0201. The minimum Gasteiger partial charge on any atom is -0.507 e. The average molecular weight is 526 g/mol. The number of hydrogen-bond donors (Lipinski definition) is 3. The van der Waals surface area contributed by atoms with E-state index >= 15 is 0 Å². The van der Waals surface area contributed by atoms with Crippen molar-refractivity contribution in [2.75, 3.05) is 12.3 Å². The lowest BCUT2D eigenvalue weighted by Crippen LogP contribution is -2.25. The molecule has 3 aromatic rings. The highest BCUT2D eigenvalue weighted by molar-refractivity contribution is 8.77. The molecule has 5 nitrogen and oxygen atoms in total. The van der Waals surface area contributed by atoms with Crippen molar-refractivity contribution in [2.45, 2.75) is 37.4 Å². The van der Waals surface area contributed by atoms with Gasteiger partial charge in [-0.25, -0.2) is 4.99 Å². The Hall–Kier alpha value is -2.42. The van der Waals surface area contributed by atoms with Gasteiger partial charge in [0, 0.05) is 17.5 Å². The minimum atomic E-state index is -0.218. The van der Waals surface area contributed by atoms with Gasteiger partial charge < -0.3 is 16.2 Å². The third-order valence-corrected chi connectivity index (χ3v) is 10.0. The summed E-state index contributed by atoms with van der Waals surface area (Å²) in [6, 6.07) is 19.1. The van der Waals surface area contributed by atoms with Gasteiger partial charge in [0.1, 0.15) is 11.6 Å². The van der Waals surface area contributed by atoms with Crippen LogP contribution in [0.5, 0.6) is 5.75 Å². The highest BCUT2D eigenvalue weighted by Gasteiger charge is 2.26. The number of aliphatic imine (C=N–C) groups is 1. The van der Waals surface area contributed by atoms with Gasteiger partial charge in [-0.3, -0.25) is 4.79 Å². The van der Waals surface area contributed by atoms with Crippen LogP contribution in [0.15, 0.2) is 71.0 Å². The van der Waals surface area contributed by atoms with Crippen LogP contribution in [0.1, 0.15) is 46.5 Å². The molecule has 2 heterocycles. The first-order valence-corrected chi connectivity index (χ1v) is 15.2. The summed E-state index contributed by atoms with van der Waals surface area (Å²) in [4.78, 5) is 17.8. The topological polar surface area (TPSA) is 87.7 Å². The predicted molar refractivity (Wildman–Crippen MR) is 151 cm³/mol. The Balaban J connectivity index is 1.28. The molecule has 1 aliphatic heterocycles. The summed E-state index contributed by atoms with van der Waals surface area (Å²) in [7, 11) is 4.01. The maximum atomic E-state index is 12.3. The third-order valence-electron chi connectivity index (χ3n) is 6.10. The van der Waals surface area contributed by atoms with Crippen LogP contribution in [0.2, 0.25) is 0 Å². The van der Waals surface area contributed by atoms with Gasteiger partial charge >= 0.3 is 0 Å². The summed E-state index contributed by atoms with van der Waals surface area (Å²) < 4.78 is 0. The SMILES string of the molecule is NC(=Nc1ccc(CC(CCCCNC(=O)c2ccccc2O)C2CCSS2)cc1)c1cccs1. The van der Waals surface area contributed by atoms with Gasteiger partial charge in [0.25, 0.3) is 5.91 Å². The Morgan fingerprint density at radius 2 is 1.94 bits per heavy atom. The second kappa shape index (κ2) is 13.0. The number of nitrogens with zero attached hydrogens (tertiary/aromatic N) is 1. The van der Waals surface area contributed by atoms with Gasteiger partial charge in [0.15, 0.2) is 0 Å². The van der Waals surface area contributed by atoms with E-state index < -0.39 is 0 Å². The van der Waals surface area contributed by atoms with Crippen LogP contribution in [0.3, 0.4) is 0 Å². The number of thiophene rings is 1. The largest absolute Gasteiger partial charge is 0.507 e. The van der Waals surface area contributed by atoms with Gasteiger partial charge in [-0.2, -0.15) is 0 Å². The number of amides is 1. The van der Waals surface area contributed by atoms with E-state index in [1.807, 2.05) is 39.1 Å². The molecule has 1 amide bonds. The zero-order valence-corrected chi connectivity index (χ0v) is 22.0. The van der Waals surface area contributed by atoms with E-state index in [-0.39, 0.29) is 11.7 Å². The monoisotopic (exact) mass is 525 g/mol. The van der Waals surface area contributed by atoms with Crippen LogP contribution < -0.4 is 11.1 Å². The van der Waals surface area contributed by atoms with E-state index in [0.29, 0.717) is 29.1 Å². The molecule has 1 fully saturated rings. The first-order valence-electron chi connectivity index (χ1n) is 11.9. The molecule has 8 heteroatoms. The molecule has 0 aliphatic carbocycles. The fourth-order valence-electron chi connectivity index (χ4n) is 4.20. The summed E-state index contributed by atoms with van der Waals surface area (Å²) >= 11 is 1.59. The standard InChI is InChI=1S/C27H31N3O2S3/c28-26(25-9-5-16-33-25)30-21-12-10-19(11-13-21)18-20(24-14-17-34-35-24)6-3-4-15-29-27(32)22-7-1-2-8-23(22)31/h1-2,5,7-13,16,20,24,31H,3-4,6,14-15,17-18H2,(H2,28,30)(H,29,32). The molecular weight excluding hydrogens is 495 g/mol. The van der Waals surface area contributed by atoms with Gasteiger partial charge in [0.05, 0.1) is 16.1 Å². The van der Waals surface area contributed by atoms with Crippen LogP contribution in [0.4, 0.5) is 5.69 Å². The molecule has 1 aliphatic rings. The van der Waals surface area contributed by atoms with Crippen molar-refractivity contribution in [3.05, 3.63) is 82.0 Å². The molecule has 2 atom stereocenters. The molecule has 184 valence electrons. The van der Waals surface area contributed by atoms with Crippen molar-refractivity contribution >= 4 is 50.4 Å². The highest BCUT2D eigenvalue weighted by atomic mass is 33.1. The molecule has 1 aromatic heterocycles. The molecule has 0 radical (unpaired) electrons. The molecule has 2 unspecified atom stereocenters. The number of nitrogens with one attached hydrogen (secondary N) is 1. The first-order chi connectivity index (χ1) is 17.1. The van der Waals surface area contributed by atoms with Crippen LogP contribution in [-0.4, -0.2) is 34.4 Å². The van der Waals surface area contributed by atoms with Crippen molar-refractivity contribution in [3.63, 3.8) is 0 Å². The highest BCUT2D eigenvalue weighted by Crippen LogP contribution is 2.43. The Bertz CT molecular complexity index is 1110. The fraction of sp³-hybridized carbons (Fsp3) is 0.333. The van der Waals surface area contributed by atoms with E-state index in [1.165, 1.54) is 23.8 Å². The van der Waals surface area contributed by atoms with Crippen molar-refractivity contribution in [3.8, 4) is 5.75 Å². The van der Waals surface area contributed by atoms with Crippen LogP contribution in [-0.2, 0) is 6.42 Å². The predicted octanol–water partition coefficient (Wildman–Crippen LogP) is 6.40. The van der Waals surface area contributed by atoms with Crippen molar-refractivity contribution < 1.29 is 9.90 Å². The quantitative estimate of drug-likeness (QED) is 0.117. The fourth-order valence-corrected chi connectivity index (χ4v) is 8.07. The van der Waals surface area contributed by atoms with Crippen molar-refractivity contribution in [2.24, 2.45) is 16.6 Å². The summed E-state index contributed by atoms with van der Waals surface area (Å²) in [5.41, 5.74) is 8.66. The number of hydrogen-bond acceptors (Lipinski definition) is 6. The summed E-state index contributed by atoms with van der Waals surface area (Å²) in [6.45, 7) is 0.616. The maximum absolute atomic E-state index is 12.3. The number of benzene rings is 2. The van der Waals surface area contributed by atoms with E-state index in [9.17, 15) is 9.90 Å². The summed E-state index contributed by atoms with van der Waals surface area (Å²) in [5.74, 6) is 2.18. The van der Waals surface area contributed by atoms with Gasteiger partial charge in [-0.05, 0) is 72.9 Å². The molecule has 0 bridgehead atoms. The van der Waals surface area contributed by atoms with Crippen molar-refractivity contribution in [1.82, 2.24) is 5.32 Å². The Labute approximate surface area is 219 Å². The van der Waals surface area contributed by atoms with E-state index in [2.05, 4.69) is 34.6 Å². The Kier molecular flexibility index (Phi) is 9.57. The smallest absolute Gasteiger partial charge is 0.255 e. The number of nitrogens with two attached hydrogens (primary N) is 1. The number of carbonyl (C=O) groups is 1. The Morgan fingerprint density at radius 3 is 2.66 bits per heavy atom. The van der Waals surface area contributed by atoms with Gasteiger partial charge in [-0.15, -0.1) is 11.3 Å². The lowest BCUT2D eigenvalue weighted by Gasteiger charge is -2.22. The number of rotatable bonds is 11. The number of para-hydroxylation sites is 1. The summed E-state index contributed by atoms with van der Waals surface area (Å²) in [5, 5.41) is 15.4. The zero-order chi connectivity index (χ0) is 24.5. The van der Waals surface area contributed by atoms with Crippen molar-refractivity contribution in [1.29, 1.82) is 0 Å². The van der Waals surface area contributed by atoms with Crippen LogP contribution in [0, 0.1) is 5.92 Å². The molecule has 1 saturated heterocycles. The average Bonchev–Trinajstić information content (AvgIpc) is 3.59. The van der Waals surface area contributed by atoms with Gasteiger partial charge in [0.2, 0.25) is 0 Å². The zero-order valence-electron chi connectivity index (χ0n) is 19.6. The second-order valence-corrected chi connectivity index (χ2v) is 12.3. The number of carbonyl (C=O) groups excluding carboxylic acids is 1.